The topological polar surface area (TPSA) is 30.2 Å². The summed E-state index contributed by atoms with van der Waals surface area (Å²) in [4.78, 5) is 0.916. The highest BCUT2D eigenvalue weighted by molar-refractivity contribution is 7.23. The monoisotopic (exact) mass is 223 g/mol. The summed E-state index contributed by atoms with van der Waals surface area (Å²) in [5.41, 5.74) is 1.08. The van der Waals surface area contributed by atoms with Crippen LogP contribution in [0.1, 0.15) is 5.82 Å². The number of aryl methyl sites for hydroxylation is 1. The predicted octanol–water partition coefficient (Wildman–Crippen LogP) is 2.91. The van der Waals surface area contributed by atoms with Gasteiger partial charge < -0.3 is 0 Å². The Labute approximate surface area is 88.9 Å². The van der Waals surface area contributed by atoms with Crippen LogP contribution in [0.25, 0.3) is 15.2 Å². The average molecular weight is 224 g/mol. The molecule has 0 saturated heterocycles. The molecule has 14 heavy (non-hydrogen) atoms. The lowest BCUT2D eigenvalue weighted by Crippen LogP contribution is -1.84. The number of nitrogens with zero attached hydrogens (tertiary/aromatic N) is 3. The zero-order valence-electron chi connectivity index (χ0n) is 7.36. The average Bonchev–Trinajstić information content (AvgIpc) is 2.67. The summed E-state index contributed by atoms with van der Waals surface area (Å²) >= 11 is 7.57. The third-order valence-corrected chi connectivity index (χ3v) is 3.41. The largest absolute Gasteiger partial charge is 0.270 e. The van der Waals surface area contributed by atoms with Crippen LogP contribution in [0, 0.1) is 6.92 Å². The lowest BCUT2D eigenvalue weighted by Gasteiger charge is -1.93. The standard InChI is InChI=1S/C9H6ClN3S/c1-5-11-12-9-13(5)7-4-6(10)2-3-8(7)14-9/h2-4H,1H3. The smallest absolute Gasteiger partial charge is 0.217 e. The number of fused-ring (bicyclic) bond motifs is 3. The fraction of sp³-hybridized carbons (Fsp3) is 0.111. The van der Waals surface area contributed by atoms with E-state index in [1.807, 2.05) is 29.5 Å². The van der Waals surface area contributed by atoms with Crippen molar-refractivity contribution in [2.24, 2.45) is 0 Å². The van der Waals surface area contributed by atoms with E-state index in [4.69, 9.17) is 11.6 Å². The van der Waals surface area contributed by atoms with Crippen LogP contribution in [0.3, 0.4) is 0 Å². The number of benzene rings is 1. The number of rotatable bonds is 0. The predicted molar refractivity (Wildman–Crippen MR) is 58.1 cm³/mol. The molecule has 5 heteroatoms. The summed E-state index contributed by atoms with van der Waals surface area (Å²) in [6.45, 7) is 1.94. The fourth-order valence-corrected chi connectivity index (χ4v) is 2.69. The molecular weight excluding hydrogens is 218 g/mol. The summed E-state index contributed by atoms with van der Waals surface area (Å²) in [7, 11) is 0. The number of hydrogen-bond donors (Lipinski definition) is 0. The van der Waals surface area contributed by atoms with Gasteiger partial charge in [0.1, 0.15) is 5.82 Å². The molecule has 0 saturated carbocycles. The Hall–Kier alpha value is -1.13. The van der Waals surface area contributed by atoms with Gasteiger partial charge in [0.25, 0.3) is 0 Å². The van der Waals surface area contributed by atoms with E-state index >= 15 is 0 Å². The Morgan fingerprint density at radius 1 is 1.36 bits per heavy atom. The first kappa shape index (κ1) is 8.20. The highest BCUT2D eigenvalue weighted by atomic mass is 35.5. The lowest BCUT2D eigenvalue weighted by atomic mass is 10.3. The maximum Gasteiger partial charge on any atom is 0.217 e. The molecule has 0 aliphatic rings. The molecule has 0 amide bonds. The Morgan fingerprint density at radius 3 is 3.07 bits per heavy atom. The van der Waals surface area contributed by atoms with E-state index in [0.717, 1.165) is 21.3 Å². The van der Waals surface area contributed by atoms with Crippen LogP contribution >= 0.6 is 22.9 Å². The Balaban J connectivity index is 2.61. The first-order valence-corrected chi connectivity index (χ1v) is 5.35. The maximum atomic E-state index is 5.95. The molecule has 70 valence electrons. The molecule has 3 aromatic rings. The van der Waals surface area contributed by atoms with Gasteiger partial charge >= 0.3 is 0 Å². The van der Waals surface area contributed by atoms with Gasteiger partial charge in [-0.25, -0.2) is 0 Å². The Kier molecular flexibility index (Phi) is 1.57. The van der Waals surface area contributed by atoms with Crippen molar-refractivity contribution < 1.29 is 0 Å². The molecule has 0 spiro atoms. The van der Waals surface area contributed by atoms with E-state index in [1.165, 1.54) is 4.70 Å². The van der Waals surface area contributed by atoms with E-state index in [9.17, 15) is 0 Å². The first-order chi connectivity index (χ1) is 6.75. The Bertz CT molecular complexity index is 625. The second-order valence-corrected chi connectivity index (χ2v) is 4.52. The van der Waals surface area contributed by atoms with E-state index in [1.54, 1.807) is 11.3 Å². The molecule has 0 aliphatic carbocycles. The van der Waals surface area contributed by atoms with Crippen molar-refractivity contribution in [2.45, 2.75) is 6.92 Å². The normalized spacial score (nSPS) is 11.6. The van der Waals surface area contributed by atoms with Crippen molar-refractivity contribution in [3.05, 3.63) is 29.0 Å². The van der Waals surface area contributed by atoms with Gasteiger partial charge in [0.2, 0.25) is 4.96 Å². The fourth-order valence-electron chi connectivity index (χ4n) is 1.54. The third kappa shape index (κ3) is 0.980. The molecule has 1 aromatic carbocycles. The van der Waals surface area contributed by atoms with Crippen molar-refractivity contribution in [1.29, 1.82) is 0 Å². The zero-order chi connectivity index (χ0) is 9.71. The first-order valence-electron chi connectivity index (χ1n) is 4.15. The summed E-state index contributed by atoms with van der Waals surface area (Å²) in [6.07, 6.45) is 0. The number of hydrogen-bond acceptors (Lipinski definition) is 3. The van der Waals surface area contributed by atoms with Crippen molar-refractivity contribution in [2.75, 3.05) is 0 Å². The summed E-state index contributed by atoms with van der Waals surface area (Å²) in [6, 6.07) is 5.84. The van der Waals surface area contributed by atoms with Crippen molar-refractivity contribution >= 4 is 38.1 Å². The van der Waals surface area contributed by atoms with Crippen LogP contribution in [-0.4, -0.2) is 14.6 Å². The Morgan fingerprint density at radius 2 is 2.21 bits per heavy atom. The van der Waals surface area contributed by atoms with Crippen LogP contribution in [-0.2, 0) is 0 Å². The highest BCUT2D eigenvalue weighted by Crippen LogP contribution is 2.28. The van der Waals surface area contributed by atoms with E-state index < -0.39 is 0 Å². The van der Waals surface area contributed by atoms with Gasteiger partial charge in [-0.05, 0) is 25.1 Å². The van der Waals surface area contributed by atoms with Gasteiger partial charge in [0.05, 0.1) is 10.2 Å². The minimum atomic E-state index is 0.741. The van der Waals surface area contributed by atoms with Crippen LogP contribution in [0.15, 0.2) is 18.2 Å². The molecule has 2 heterocycles. The zero-order valence-corrected chi connectivity index (χ0v) is 8.93. The molecule has 0 atom stereocenters. The molecule has 0 N–H and O–H groups in total. The van der Waals surface area contributed by atoms with E-state index in [2.05, 4.69) is 10.2 Å². The maximum absolute atomic E-state index is 5.95. The number of aromatic nitrogens is 3. The van der Waals surface area contributed by atoms with Gasteiger partial charge in [-0.15, -0.1) is 10.2 Å². The summed E-state index contributed by atoms with van der Waals surface area (Å²) in [5.74, 6) is 0.897. The molecule has 3 nitrogen and oxygen atoms in total. The van der Waals surface area contributed by atoms with Gasteiger partial charge in [-0.3, -0.25) is 4.40 Å². The third-order valence-electron chi connectivity index (χ3n) is 2.16. The van der Waals surface area contributed by atoms with Crippen molar-refractivity contribution in [1.82, 2.24) is 14.6 Å². The van der Waals surface area contributed by atoms with Crippen molar-refractivity contribution in [3.8, 4) is 0 Å². The highest BCUT2D eigenvalue weighted by Gasteiger charge is 2.08. The molecular formula is C9H6ClN3S. The molecule has 3 rings (SSSR count). The minimum Gasteiger partial charge on any atom is -0.270 e. The summed E-state index contributed by atoms with van der Waals surface area (Å²) < 4.78 is 3.20. The summed E-state index contributed by atoms with van der Waals surface area (Å²) in [5, 5.41) is 8.83. The quantitative estimate of drug-likeness (QED) is 0.587. The van der Waals surface area contributed by atoms with Crippen molar-refractivity contribution in [3.63, 3.8) is 0 Å². The van der Waals surface area contributed by atoms with Gasteiger partial charge in [0, 0.05) is 5.02 Å². The molecule has 0 fully saturated rings. The molecule has 0 bridgehead atoms. The lowest BCUT2D eigenvalue weighted by molar-refractivity contribution is 1.02. The second-order valence-electron chi connectivity index (χ2n) is 3.08. The van der Waals surface area contributed by atoms with Gasteiger partial charge in [0.15, 0.2) is 0 Å². The van der Waals surface area contributed by atoms with E-state index in [0.29, 0.717) is 0 Å². The molecule has 0 unspecified atom stereocenters. The van der Waals surface area contributed by atoms with Crippen LogP contribution in [0.2, 0.25) is 5.02 Å². The minimum absolute atomic E-state index is 0.741. The SMILES string of the molecule is Cc1nnc2sc3ccc(Cl)cc3n12. The van der Waals surface area contributed by atoms with E-state index in [-0.39, 0.29) is 0 Å². The molecule has 0 aliphatic heterocycles. The van der Waals surface area contributed by atoms with Gasteiger partial charge in [-0.2, -0.15) is 0 Å². The van der Waals surface area contributed by atoms with Crippen LogP contribution < -0.4 is 0 Å². The van der Waals surface area contributed by atoms with Crippen LogP contribution in [0.5, 0.6) is 0 Å². The van der Waals surface area contributed by atoms with Crippen LogP contribution in [0.4, 0.5) is 0 Å². The number of thiazole rings is 1. The van der Waals surface area contributed by atoms with Gasteiger partial charge in [-0.1, -0.05) is 22.9 Å². The second kappa shape index (κ2) is 2.68. The molecule has 0 radical (unpaired) electrons. The molecule has 2 aromatic heterocycles. The number of halogens is 1.